The number of aliphatic hydroxyl groups excluding tert-OH is 2. The average molecular weight is 301 g/mol. The molecule has 2 heterocycles. The van der Waals surface area contributed by atoms with Gasteiger partial charge < -0.3 is 30.4 Å². The first-order valence-electron chi connectivity index (χ1n) is 6.08. The molecule has 6 N–H and O–H groups in total. The summed E-state index contributed by atoms with van der Waals surface area (Å²) >= 11 is 0. The van der Waals surface area contributed by atoms with Gasteiger partial charge >= 0.3 is 0 Å². The molecule has 0 unspecified atom stereocenters. The second-order valence-corrected chi connectivity index (χ2v) is 4.41. The molecule has 1 aliphatic heterocycles. The van der Waals surface area contributed by atoms with Gasteiger partial charge in [0.2, 0.25) is 5.96 Å². The Bertz CT molecular complexity index is 548. The fraction of sp³-hybridized carbons (Fsp3) is 0.545. The maximum absolute atomic E-state index is 14.0. The van der Waals surface area contributed by atoms with Gasteiger partial charge in [-0.25, -0.2) is 9.37 Å². The third kappa shape index (κ3) is 3.01. The number of ether oxygens (including phenoxy) is 2. The van der Waals surface area contributed by atoms with Crippen LogP contribution in [0.1, 0.15) is 17.6 Å². The molecular formula is C11H16FN5O4. The summed E-state index contributed by atoms with van der Waals surface area (Å²) in [5, 5.41) is 25.7. The molecule has 10 heteroatoms. The van der Waals surface area contributed by atoms with E-state index in [9.17, 15) is 9.50 Å². The number of methoxy groups -OCH3 is 1. The third-order valence-electron chi connectivity index (χ3n) is 3.02. The number of rotatable bonds is 3. The number of halogens is 1. The van der Waals surface area contributed by atoms with Crippen LogP contribution >= 0.6 is 0 Å². The van der Waals surface area contributed by atoms with Gasteiger partial charge in [-0.2, -0.15) is 4.99 Å². The number of nitrogens with two attached hydrogens (primary N) is 1. The van der Waals surface area contributed by atoms with Gasteiger partial charge in [0.05, 0.1) is 25.6 Å². The Labute approximate surface area is 119 Å². The van der Waals surface area contributed by atoms with Crippen molar-refractivity contribution in [1.29, 1.82) is 5.41 Å². The summed E-state index contributed by atoms with van der Waals surface area (Å²) in [4.78, 5) is 10.3. The van der Waals surface area contributed by atoms with Crippen LogP contribution in [-0.2, 0) is 9.47 Å². The maximum Gasteiger partial charge on any atom is 0.260 e. The molecule has 4 atom stereocenters. The van der Waals surface area contributed by atoms with E-state index in [1.165, 1.54) is 13.3 Å². The molecule has 0 saturated carbocycles. The predicted octanol–water partition coefficient (Wildman–Crippen LogP) is -1.17. The van der Waals surface area contributed by atoms with E-state index in [-0.39, 0.29) is 17.4 Å². The molecule has 0 aromatic carbocycles. The summed E-state index contributed by atoms with van der Waals surface area (Å²) in [7, 11) is 1.32. The summed E-state index contributed by atoms with van der Waals surface area (Å²) in [6.45, 7) is -0.492. The Morgan fingerprint density at radius 2 is 2.43 bits per heavy atom. The van der Waals surface area contributed by atoms with Crippen LogP contribution in [-0.4, -0.2) is 64.1 Å². The number of hydrogen-bond donors (Lipinski definition) is 5. The minimum absolute atomic E-state index is 0.0404. The van der Waals surface area contributed by atoms with E-state index in [4.69, 9.17) is 25.7 Å². The predicted molar refractivity (Wildman–Crippen MR) is 69.7 cm³/mol. The van der Waals surface area contributed by atoms with E-state index in [2.05, 4.69) is 15.0 Å². The van der Waals surface area contributed by atoms with Crippen molar-refractivity contribution in [3.63, 3.8) is 0 Å². The zero-order chi connectivity index (χ0) is 15.6. The normalized spacial score (nSPS) is 29.6. The minimum atomic E-state index is -1.70. The van der Waals surface area contributed by atoms with Gasteiger partial charge in [0.15, 0.2) is 12.0 Å². The Balaban J connectivity index is 2.22. The van der Waals surface area contributed by atoms with Gasteiger partial charge in [-0.1, -0.05) is 0 Å². The van der Waals surface area contributed by atoms with Crippen LogP contribution in [0, 0.1) is 5.41 Å². The molecule has 116 valence electrons. The van der Waals surface area contributed by atoms with Crippen molar-refractivity contribution in [2.24, 2.45) is 10.7 Å². The first kappa shape index (κ1) is 15.4. The summed E-state index contributed by atoms with van der Waals surface area (Å²) in [5.74, 6) is -0.372. The standard InChI is InChI=1S/C11H16FN5O4/c1-20-10(17-11(13)14)9-15-2-4(16-9)8-6(12)7(19)5(3-18)21-8/h2,5-8,18-19H,3H2,1H3,(H3,13,14)(H,15,16)/b17-10+/t5-,6-,7-,8+/m1/s1. The van der Waals surface area contributed by atoms with E-state index in [0.717, 1.165) is 0 Å². The van der Waals surface area contributed by atoms with Crippen LogP contribution in [0.5, 0.6) is 0 Å². The number of aromatic nitrogens is 2. The highest BCUT2D eigenvalue weighted by Gasteiger charge is 2.45. The summed E-state index contributed by atoms with van der Waals surface area (Å²) < 4.78 is 24.1. The highest BCUT2D eigenvalue weighted by Crippen LogP contribution is 2.34. The molecule has 1 aliphatic rings. The van der Waals surface area contributed by atoms with Crippen LogP contribution in [0.25, 0.3) is 0 Å². The van der Waals surface area contributed by atoms with Crippen molar-refractivity contribution in [3.05, 3.63) is 17.7 Å². The SMILES string of the molecule is CO/C(=N/C(=N)N)c1ncc([C@@H]2O[C@H](CO)[C@@H](O)[C@H]2F)[nH]1. The number of hydrogen-bond acceptors (Lipinski definition) is 6. The molecule has 21 heavy (non-hydrogen) atoms. The van der Waals surface area contributed by atoms with Crippen LogP contribution in [0.2, 0.25) is 0 Å². The lowest BCUT2D eigenvalue weighted by atomic mass is 10.1. The Morgan fingerprint density at radius 1 is 1.71 bits per heavy atom. The molecule has 1 saturated heterocycles. The van der Waals surface area contributed by atoms with Crippen molar-refractivity contribution >= 4 is 11.9 Å². The number of imidazole rings is 1. The second kappa shape index (κ2) is 6.16. The van der Waals surface area contributed by atoms with Gasteiger partial charge in [0.25, 0.3) is 5.90 Å². The Kier molecular flexibility index (Phi) is 4.50. The lowest BCUT2D eigenvalue weighted by Crippen LogP contribution is -2.30. The van der Waals surface area contributed by atoms with Crippen molar-refractivity contribution in [2.45, 2.75) is 24.5 Å². The molecule has 0 amide bonds. The topological polar surface area (TPSA) is 150 Å². The van der Waals surface area contributed by atoms with Crippen molar-refractivity contribution in [1.82, 2.24) is 9.97 Å². The number of nitrogens with zero attached hydrogens (tertiary/aromatic N) is 2. The molecule has 9 nitrogen and oxygen atoms in total. The van der Waals surface area contributed by atoms with Crippen LogP contribution in [0.4, 0.5) is 4.39 Å². The number of H-pyrrole nitrogens is 1. The fourth-order valence-corrected chi connectivity index (χ4v) is 2.02. The molecule has 1 aromatic heterocycles. The van der Waals surface area contributed by atoms with Gasteiger partial charge in [0, 0.05) is 0 Å². The van der Waals surface area contributed by atoms with E-state index in [1.807, 2.05) is 0 Å². The van der Waals surface area contributed by atoms with Crippen LogP contribution in [0.15, 0.2) is 11.2 Å². The number of aliphatic imine (C=N–C) groups is 1. The van der Waals surface area contributed by atoms with Crippen molar-refractivity contribution < 1.29 is 24.1 Å². The molecule has 1 aromatic rings. The van der Waals surface area contributed by atoms with E-state index < -0.39 is 37.1 Å². The first-order chi connectivity index (χ1) is 9.97. The zero-order valence-corrected chi connectivity index (χ0v) is 11.2. The summed E-state index contributed by atoms with van der Waals surface area (Å²) in [6, 6.07) is 0. The zero-order valence-electron chi connectivity index (χ0n) is 11.2. The lowest BCUT2D eigenvalue weighted by Gasteiger charge is -2.10. The quantitative estimate of drug-likeness (QED) is 0.350. The lowest BCUT2D eigenvalue weighted by molar-refractivity contribution is -0.0236. The average Bonchev–Trinajstić information content (AvgIpc) is 3.03. The van der Waals surface area contributed by atoms with Crippen LogP contribution in [0.3, 0.4) is 0 Å². The largest absolute Gasteiger partial charge is 0.478 e. The summed E-state index contributed by atoms with van der Waals surface area (Å²) in [5.41, 5.74) is 5.39. The van der Waals surface area contributed by atoms with Crippen molar-refractivity contribution in [3.8, 4) is 0 Å². The molecule has 2 rings (SSSR count). The molecule has 0 spiro atoms. The highest BCUT2D eigenvalue weighted by molar-refractivity contribution is 5.98. The highest BCUT2D eigenvalue weighted by atomic mass is 19.1. The molecule has 0 radical (unpaired) electrons. The van der Waals surface area contributed by atoms with Gasteiger partial charge in [-0.05, 0) is 0 Å². The summed E-state index contributed by atoms with van der Waals surface area (Å²) in [6.07, 6.45) is -3.91. The Hall–Kier alpha value is -2.04. The molecular weight excluding hydrogens is 285 g/mol. The van der Waals surface area contributed by atoms with E-state index >= 15 is 0 Å². The fourth-order valence-electron chi connectivity index (χ4n) is 2.02. The smallest absolute Gasteiger partial charge is 0.260 e. The maximum atomic E-state index is 14.0. The van der Waals surface area contributed by atoms with Gasteiger partial charge in [-0.15, -0.1) is 0 Å². The number of aliphatic hydroxyl groups is 2. The molecule has 1 fully saturated rings. The van der Waals surface area contributed by atoms with Crippen LogP contribution < -0.4 is 5.73 Å². The number of nitrogens with one attached hydrogen (secondary N) is 2. The minimum Gasteiger partial charge on any atom is -0.478 e. The number of guanidine groups is 1. The first-order valence-corrected chi connectivity index (χ1v) is 6.08. The monoisotopic (exact) mass is 301 g/mol. The van der Waals surface area contributed by atoms with Crippen molar-refractivity contribution in [2.75, 3.05) is 13.7 Å². The van der Waals surface area contributed by atoms with E-state index in [0.29, 0.717) is 0 Å². The third-order valence-corrected chi connectivity index (χ3v) is 3.02. The van der Waals surface area contributed by atoms with Gasteiger partial charge in [0.1, 0.15) is 18.3 Å². The molecule has 0 bridgehead atoms. The van der Waals surface area contributed by atoms with E-state index in [1.54, 1.807) is 0 Å². The van der Waals surface area contributed by atoms with Gasteiger partial charge in [-0.3, -0.25) is 5.41 Å². The number of alkyl halides is 1. The second-order valence-electron chi connectivity index (χ2n) is 4.41. The number of aromatic amines is 1. The molecule has 0 aliphatic carbocycles. The Morgan fingerprint density at radius 3 is 2.95 bits per heavy atom.